The fourth-order valence-electron chi connectivity index (χ4n) is 3.43. The molecule has 6 nitrogen and oxygen atoms in total. The third-order valence-electron chi connectivity index (χ3n) is 5.31. The molecule has 0 saturated carbocycles. The molecule has 0 unspecified atom stereocenters. The van der Waals surface area contributed by atoms with Gasteiger partial charge in [0.15, 0.2) is 6.61 Å². The minimum atomic E-state index is -3.67. The van der Waals surface area contributed by atoms with Gasteiger partial charge in [-0.3, -0.25) is 9.10 Å². The van der Waals surface area contributed by atoms with E-state index in [-0.39, 0.29) is 17.4 Å². The summed E-state index contributed by atoms with van der Waals surface area (Å²) in [5, 5.41) is 4.87. The summed E-state index contributed by atoms with van der Waals surface area (Å²) < 4.78 is 32.5. The number of benzene rings is 4. The SMILES string of the molecule is Cc1ccc(S(=O)(=O)N(C)c2ccc(OCC(=O)Nc3cccc4ccccc34)cc2)cc1. The highest BCUT2D eigenvalue weighted by molar-refractivity contribution is 7.92. The van der Waals surface area contributed by atoms with Crippen molar-refractivity contribution in [3.8, 4) is 5.75 Å². The maximum atomic E-state index is 12.9. The highest BCUT2D eigenvalue weighted by Gasteiger charge is 2.21. The van der Waals surface area contributed by atoms with E-state index in [4.69, 9.17) is 4.74 Å². The van der Waals surface area contributed by atoms with Gasteiger partial charge in [-0.15, -0.1) is 0 Å². The van der Waals surface area contributed by atoms with Crippen LogP contribution < -0.4 is 14.4 Å². The van der Waals surface area contributed by atoms with Crippen LogP contribution in [-0.4, -0.2) is 28.0 Å². The average Bonchev–Trinajstić information content (AvgIpc) is 2.83. The first-order valence-corrected chi connectivity index (χ1v) is 11.8. The molecule has 1 N–H and O–H groups in total. The smallest absolute Gasteiger partial charge is 0.264 e. The Balaban J connectivity index is 1.39. The molecule has 0 heterocycles. The number of fused-ring (bicyclic) bond motifs is 1. The number of ether oxygens (including phenoxy) is 1. The van der Waals surface area contributed by atoms with Gasteiger partial charge in [-0.25, -0.2) is 8.42 Å². The lowest BCUT2D eigenvalue weighted by Gasteiger charge is -2.20. The van der Waals surface area contributed by atoms with Gasteiger partial charge in [0, 0.05) is 18.1 Å². The highest BCUT2D eigenvalue weighted by atomic mass is 32.2. The van der Waals surface area contributed by atoms with Crippen LogP contribution in [0.15, 0.2) is 95.9 Å². The first-order chi connectivity index (χ1) is 15.8. The molecule has 4 aromatic rings. The van der Waals surface area contributed by atoms with E-state index in [1.165, 1.54) is 11.4 Å². The monoisotopic (exact) mass is 460 g/mol. The molecule has 1 amide bonds. The molecule has 0 aliphatic heterocycles. The molecule has 7 heteroatoms. The summed E-state index contributed by atoms with van der Waals surface area (Å²) >= 11 is 0. The highest BCUT2D eigenvalue weighted by Crippen LogP contribution is 2.25. The summed E-state index contributed by atoms with van der Waals surface area (Å²) in [5.74, 6) is 0.183. The minimum absolute atomic E-state index is 0.167. The predicted octanol–water partition coefficient (Wildman–Crippen LogP) is 4.99. The maximum Gasteiger partial charge on any atom is 0.264 e. The second-order valence-corrected chi connectivity index (χ2v) is 9.61. The number of amides is 1. The summed E-state index contributed by atoms with van der Waals surface area (Å²) in [7, 11) is -2.17. The van der Waals surface area contributed by atoms with E-state index in [1.54, 1.807) is 48.5 Å². The summed E-state index contributed by atoms with van der Waals surface area (Å²) in [6, 6.07) is 26.8. The van der Waals surface area contributed by atoms with Crippen LogP contribution in [0.4, 0.5) is 11.4 Å². The molecule has 0 bridgehead atoms. The fourth-order valence-corrected chi connectivity index (χ4v) is 4.62. The quantitative estimate of drug-likeness (QED) is 0.422. The number of carbonyl (C=O) groups excluding carboxylic acids is 1. The maximum absolute atomic E-state index is 12.9. The van der Waals surface area contributed by atoms with E-state index in [1.807, 2.05) is 49.4 Å². The summed E-state index contributed by atoms with van der Waals surface area (Å²) in [6.07, 6.45) is 0. The Kier molecular flexibility index (Phi) is 6.33. The van der Waals surface area contributed by atoms with E-state index in [0.29, 0.717) is 11.4 Å². The zero-order chi connectivity index (χ0) is 23.4. The molecule has 0 aliphatic carbocycles. The Labute approximate surface area is 193 Å². The second kappa shape index (κ2) is 9.34. The first-order valence-electron chi connectivity index (χ1n) is 10.4. The van der Waals surface area contributed by atoms with Crippen LogP contribution in [0.1, 0.15) is 5.56 Å². The summed E-state index contributed by atoms with van der Waals surface area (Å²) in [6.45, 7) is 1.74. The first kappa shape index (κ1) is 22.4. The zero-order valence-electron chi connectivity index (χ0n) is 18.4. The number of nitrogens with zero attached hydrogens (tertiary/aromatic N) is 1. The normalized spacial score (nSPS) is 11.2. The van der Waals surface area contributed by atoms with Crippen LogP contribution in [0.5, 0.6) is 5.75 Å². The van der Waals surface area contributed by atoms with Crippen LogP contribution in [0, 0.1) is 6.92 Å². The van der Waals surface area contributed by atoms with Gasteiger partial charge >= 0.3 is 0 Å². The third kappa shape index (κ3) is 4.99. The molecule has 0 fully saturated rings. The van der Waals surface area contributed by atoms with Gasteiger partial charge in [-0.1, -0.05) is 54.1 Å². The van der Waals surface area contributed by atoms with Crippen LogP contribution in [0.2, 0.25) is 0 Å². The van der Waals surface area contributed by atoms with Gasteiger partial charge in [0.1, 0.15) is 5.75 Å². The molecule has 0 aliphatic rings. The molecular formula is C26H24N2O4S. The summed E-state index contributed by atoms with van der Waals surface area (Å²) in [5.41, 5.74) is 2.20. The van der Waals surface area contributed by atoms with Crippen LogP contribution in [0.3, 0.4) is 0 Å². The molecule has 4 aromatic carbocycles. The van der Waals surface area contributed by atoms with Gasteiger partial charge in [0.2, 0.25) is 0 Å². The number of nitrogens with one attached hydrogen (secondary N) is 1. The average molecular weight is 461 g/mol. The van der Waals surface area contributed by atoms with Crippen molar-refractivity contribution in [1.82, 2.24) is 0 Å². The fraction of sp³-hybridized carbons (Fsp3) is 0.115. The lowest BCUT2D eigenvalue weighted by atomic mass is 10.1. The molecule has 0 atom stereocenters. The number of carbonyl (C=O) groups is 1. The van der Waals surface area contributed by atoms with Crippen molar-refractivity contribution in [3.63, 3.8) is 0 Å². The Morgan fingerprint density at radius 1 is 0.879 bits per heavy atom. The Bertz CT molecular complexity index is 1380. The molecule has 0 radical (unpaired) electrons. The van der Waals surface area contributed by atoms with E-state index in [2.05, 4.69) is 5.32 Å². The van der Waals surface area contributed by atoms with Crippen LogP contribution in [0.25, 0.3) is 10.8 Å². The molecular weight excluding hydrogens is 436 g/mol. The predicted molar refractivity (Wildman–Crippen MR) is 131 cm³/mol. The number of hydrogen-bond acceptors (Lipinski definition) is 4. The molecule has 0 spiro atoms. The molecule has 4 rings (SSSR count). The van der Waals surface area contributed by atoms with Crippen molar-refractivity contribution in [2.45, 2.75) is 11.8 Å². The lowest BCUT2D eigenvalue weighted by Crippen LogP contribution is -2.26. The number of rotatable bonds is 7. The zero-order valence-corrected chi connectivity index (χ0v) is 19.2. The van der Waals surface area contributed by atoms with Gasteiger partial charge in [0.25, 0.3) is 15.9 Å². The number of anilines is 2. The topological polar surface area (TPSA) is 75.7 Å². The number of aryl methyl sites for hydroxylation is 1. The number of sulfonamides is 1. The van der Waals surface area contributed by atoms with E-state index >= 15 is 0 Å². The van der Waals surface area contributed by atoms with Crippen molar-refractivity contribution in [2.24, 2.45) is 0 Å². The van der Waals surface area contributed by atoms with Crippen LogP contribution in [-0.2, 0) is 14.8 Å². The van der Waals surface area contributed by atoms with Crippen LogP contribution >= 0.6 is 0 Å². The Hall–Kier alpha value is -3.84. The molecule has 33 heavy (non-hydrogen) atoms. The van der Waals surface area contributed by atoms with Crippen molar-refractivity contribution >= 4 is 38.1 Å². The molecule has 0 aromatic heterocycles. The van der Waals surface area contributed by atoms with E-state index in [9.17, 15) is 13.2 Å². The largest absolute Gasteiger partial charge is 0.484 e. The minimum Gasteiger partial charge on any atom is -0.484 e. The van der Waals surface area contributed by atoms with Gasteiger partial charge in [-0.05, 0) is 54.8 Å². The van der Waals surface area contributed by atoms with Crippen molar-refractivity contribution < 1.29 is 17.9 Å². The van der Waals surface area contributed by atoms with Gasteiger partial charge in [-0.2, -0.15) is 0 Å². The van der Waals surface area contributed by atoms with Crippen molar-refractivity contribution in [2.75, 3.05) is 23.3 Å². The lowest BCUT2D eigenvalue weighted by molar-refractivity contribution is -0.118. The standard InChI is InChI=1S/C26H24N2O4S/c1-19-10-16-23(17-11-19)33(30,31)28(2)21-12-14-22(15-13-21)32-18-26(29)27-25-9-5-7-20-6-3-4-8-24(20)25/h3-17H,18H2,1-2H3,(H,27,29). The van der Waals surface area contributed by atoms with Crippen molar-refractivity contribution in [3.05, 3.63) is 96.6 Å². The van der Waals surface area contributed by atoms with Crippen molar-refractivity contribution in [1.29, 1.82) is 0 Å². The van der Waals surface area contributed by atoms with Gasteiger partial charge in [0.05, 0.1) is 10.6 Å². The summed E-state index contributed by atoms with van der Waals surface area (Å²) in [4.78, 5) is 12.6. The third-order valence-corrected chi connectivity index (χ3v) is 7.11. The Morgan fingerprint density at radius 3 is 2.27 bits per heavy atom. The van der Waals surface area contributed by atoms with E-state index in [0.717, 1.165) is 22.0 Å². The Morgan fingerprint density at radius 2 is 1.55 bits per heavy atom. The molecule has 168 valence electrons. The molecule has 0 saturated heterocycles. The van der Waals surface area contributed by atoms with Gasteiger partial charge < -0.3 is 10.1 Å². The second-order valence-electron chi connectivity index (χ2n) is 7.64. The number of hydrogen-bond donors (Lipinski definition) is 1. The van der Waals surface area contributed by atoms with E-state index < -0.39 is 10.0 Å².